The molecule has 8 heteroatoms. The molecule has 0 bridgehead atoms. The Morgan fingerprint density at radius 1 is 1.20 bits per heavy atom. The molecule has 1 saturated heterocycles. The van der Waals surface area contributed by atoms with Gasteiger partial charge in [0.1, 0.15) is 0 Å². The predicted octanol–water partition coefficient (Wildman–Crippen LogP) is 3.48. The number of hydrogen-bond acceptors (Lipinski definition) is 4. The number of carbonyl (C=O) groups is 1. The van der Waals surface area contributed by atoms with Gasteiger partial charge in [-0.05, 0) is 23.8 Å². The Hall–Kier alpha value is -3.05. The molecular weight excluding hydrogens is 395 g/mol. The first-order valence-corrected chi connectivity index (χ1v) is 9.52. The fourth-order valence-electron chi connectivity index (χ4n) is 3.68. The van der Waals surface area contributed by atoms with Gasteiger partial charge in [-0.3, -0.25) is 4.79 Å². The number of hydrogen-bond donors (Lipinski definition) is 0. The first kappa shape index (κ1) is 21.7. The lowest BCUT2D eigenvalue weighted by molar-refractivity contribution is -0.137. The summed E-state index contributed by atoms with van der Waals surface area (Å²) in [7, 11) is 1.52. The van der Waals surface area contributed by atoms with Crippen LogP contribution in [0.5, 0.6) is 0 Å². The zero-order chi connectivity index (χ0) is 21.7. The van der Waals surface area contributed by atoms with Crippen molar-refractivity contribution in [3.8, 4) is 6.07 Å². The Labute approximate surface area is 173 Å². The van der Waals surface area contributed by atoms with E-state index in [0.717, 1.165) is 11.6 Å². The number of anilines is 1. The van der Waals surface area contributed by atoms with Crippen molar-refractivity contribution in [3.63, 3.8) is 0 Å². The fraction of sp³-hybridized carbons (Fsp3) is 0.364. The van der Waals surface area contributed by atoms with Gasteiger partial charge in [0.05, 0.1) is 36.3 Å². The largest absolute Gasteiger partial charge is 0.417 e. The van der Waals surface area contributed by atoms with E-state index in [1.807, 2.05) is 35.2 Å². The van der Waals surface area contributed by atoms with Crippen LogP contribution in [0.15, 0.2) is 48.5 Å². The number of halogens is 3. The lowest BCUT2D eigenvalue weighted by Gasteiger charge is -2.42. The summed E-state index contributed by atoms with van der Waals surface area (Å²) < 4.78 is 45.3. The van der Waals surface area contributed by atoms with Gasteiger partial charge in [-0.1, -0.05) is 30.3 Å². The molecular formula is C22H22F3N3O2. The van der Waals surface area contributed by atoms with Gasteiger partial charge >= 0.3 is 6.18 Å². The molecule has 1 unspecified atom stereocenters. The molecule has 2 aromatic rings. The van der Waals surface area contributed by atoms with E-state index in [-0.39, 0.29) is 25.0 Å². The average Bonchev–Trinajstić information content (AvgIpc) is 2.73. The molecule has 0 aromatic heterocycles. The van der Waals surface area contributed by atoms with Crippen LogP contribution in [0.2, 0.25) is 0 Å². The number of piperazine rings is 1. The molecule has 0 spiro atoms. The number of benzene rings is 2. The summed E-state index contributed by atoms with van der Waals surface area (Å²) in [5.41, 5.74) is -0.0962. The number of rotatable bonds is 5. The second-order valence-corrected chi connectivity index (χ2v) is 7.14. The lowest BCUT2D eigenvalue weighted by Crippen LogP contribution is -2.56. The fourth-order valence-corrected chi connectivity index (χ4v) is 3.68. The number of nitriles is 1. The predicted molar refractivity (Wildman–Crippen MR) is 106 cm³/mol. The number of methoxy groups -OCH3 is 1. The SMILES string of the molecule is COCC1CN(C(=O)Cc2ccccc2)CCN1c1ccc(C#N)c(C(F)(F)F)c1. The second-order valence-electron chi connectivity index (χ2n) is 7.14. The number of alkyl halides is 3. The molecule has 30 heavy (non-hydrogen) atoms. The average molecular weight is 417 g/mol. The van der Waals surface area contributed by atoms with Crippen molar-refractivity contribution in [2.24, 2.45) is 0 Å². The third-order valence-corrected chi connectivity index (χ3v) is 5.15. The summed E-state index contributed by atoms with van der Waals surface area (Å²) in [5.74, 6) is -0.0298. The first-order chi connectivity index (χ1) is 14.3. The molecule has 1 aliphatic heterocycles. The van der Waals surface area contributed by atoms with Crippen LogP contribution in [0.1, 0.15) is 16.7 Å². The van der Waals surface area contributed by atoms with E-state index < -0.39 is 17.3 Å². The molecule has 1 heterocycles. The molecule has 0 aliphatic carbocycles. The van der Waals surface area contributed by atoms with Crippen molar-refractivity contribution < 1.29 is 22.7 Å². The minimum Gasteiger partial charge on any atom is -0.382 e. The smallest absolute Gasteiger partial charge is 0.382 e. The van der Waals surface area contributed by atoms with Gasteiger partial charge in [0.25, 0.3) is 0 Å². The van der Waals surface area contributed by atoms with Crippen molar-refractivity contribution in [2.75, 3.05) is 38.3 Å². The summed E-state index contributed by atoms with van der Waals surface area (Å²) in [6.45, 7) is 1.38. The van der Waals surface area contributed by atoms with Crippen LogP contribution in [0.3, 0.4) is 0 Å². The van der Waals surface area contributed by atoms with Crippen molar-refractivity contribution >= 4 is 11.6 Å². The van der Waals surface area contributed by atoms with Gasteiger partial charge in [-0.2, -0.15) is 18.4 Å². The maximum absolute atomic E-state index is 13.4. The van der Waals surface area contributed by atoms with Crippen LogP contribution in [-0.4, -0.2) is 50.2 Å². The zero-order valence-corrected chi connectivity index (χ0v) is 16.5. The molecule has 0 saturated carbocycles. The summed E-state index contributed by atoms with van der Waals surface area (Å²) in [6, 6.07) is 14.4. The molecule has 1 aliphatic rings. The summed E-state index contributed by atoms with van der Waals surface area (Å²) >= 11 is 0. The van der Waals surface area contributed by atoms with E-state index >= 15 is 0 Å². The van der Waals surface area contributed by atoms with Crippen molar-refractivity contribution in [2.45, 2.75) is 18.6 Å². The molecule has 158 valence electrons. The third-order valence-electron chi connectivity index (χ3n) is 5.15. The molecule has 0 radical (unpaired) electrons. The number of ether oxygens (including phenoxy) is 1. The van der Waals surface area contributed by atoms with Crippen LogP contribution in [0.4, 0.5) is 18.9 Å². The van der Waals surface area contributed by atoms with Gasteiger partial charge in [-0.25, -0.2) is 0 Å². The second kappa shape index (κ2) is 9.18. The summed E-state index contributed by atoms with van der Waals surface area (Å²) in [5, 5.41) is 9.01. The van der Waals surface area contributed by atoms with Gasteiger partial charge in [-0.15, -0.1) is 0 Å². The molecule has 5 nitrogen and oxygen atoms in total. The highest BCUT2D eigenvalue weighted by Gasteiger charge is 2.36. The van der Waals surface area contributed by atoms with E-state index in [2.05, 4.69) is 0 Å². The Morgan fingerprint density at radius 3 is 2.57 bits per heavy atom. The highest BCUT2D eigenvalue weighted by atomic mass is 19.4. The quantitative estimate of drug-likeness (QED) is 0.748. The van der Waals surface area contributed by atoms with Crippen LogP contribution >= 0.6 is 0 Å². The van der Waals surface area contributed by atoms with Gasteiger partial charge in [0.15, 0.2) is 0 Å². The van der Waals surface area contributed by atoms with Crippen LogP contribution in [0, 0.1) is 11.3 Å². The molecule has 3 rings (SSSR count). The minimum absolute atomic E-state index is 0.0298. The monoisotopic (exact) mass is 417 g/mol. The van der Waals surface area contributed by atoms with Gasteiger partial charge in [0.2, 0.25) is 5.91 Å². The Bertz CT molecular complexity index is 925. The topological polar surface area (TPSA) is 56.6 Å². The highest BCUT2D eigenvalue weighted by Crippen LogP contribution is 2.35. The third kappa shape index (κ3) is 4.92. The van der Waals surface area contributed by atoms with Crippen LogP contribution in [-0.2, 0) is 22.1 Å². The summed E-state index contributed by atoms with van der Waals surface area (Å²) in [4.78, 5) is 16.2. The molecule has 1 fully saturated rings. The normalized spacial score (nSPS) is 17.0. The van der Waals surface area contributed by atoms with E-state index in [0.29, 0.717) is 25.3 Å². The Balaban J connectivity index is 1.79. The van der Waals surface area contributed by atoms with Crippen molar-refractivity contribution in [1.29, 1.82) is 5.26 Å². The van der Waals surface area contributed by atoms with Crippen molar-refractivity contribution in [3.05, 3.63) is 65.2 Å². The number of amides is 1. The number of carbonyl (C=O) groups excluding carboxylic acids is 1. The minimum atomic E-state index is -4.62. The Morgan fingerprint density at radius 2 is 1.93 bits per heavy atom. The molecule has 1 atom stereocenters. The molecule has 0 N–H and O–H groups in total. The summed E-state index contributed by atoms with van der Waals surface area (Å²) in [6.07, 6.45) is -4.35. The van der Waals surface area contributed by atoms with E-state index in [9.17, 15) is 18.0 Å². The van der Waals surface area contributed by atoms with Gasteiger partial charge < -0.3 is 14.5 Å². The maximum atomic E-state index is 13.4. The van der Waals surface area contributed by atoms with Crippen LogP contribution in [0.25, 0.3) is 0 Å². The van der Waals surface area contributed by atoms with E-state index in [1.165, 1.54) is 19.2 Å². The maximum Gasteiger partial charge on any atom is 0.417 e. The van der Waals surface area contributed by atoms with E-state index in [4.69, 9.17) is 10.00 Å². The van der Waals surface area contributed by atoms with Crippen molar-refractivity contribution in [1.82, 2.24) is 4.90 Å². The molecule has 1 amide bonds. The first-order valence-electron chi connectivity index (χ1n) is 9.52. The lowest BCUT2D eigenvalue weighted by atomic mass is 10.0. The van der Waals surface area contributed by atoms with E-state index in [1.54, 1.807) is 11.0 Å². The Kier molecular flexibility index (Phi) is 6.63. The van der Waals surface area contributed by atoms with Gasteiger partial charge in [0, 0.05) is 32.4 Å². The molecule has 2 aromatic carbocycles. The van der Waals surface area contributed by atoms with Crippen LogP contribution < -0.4 is 4.90 Å². The zero-order valence-electron chi connectivity index (χ0n) is 16.5. The standard InChI is InChI=1S/C22H22F3N3O2/c1-30-15-19-14-27(21(29)11-16-5-3-2-4-6-16)9-10-28(19)18-8-7-17(13-26)20(12-18)22(23,24)25/h2-8,12,19H,9-11,14-15H2,1H3. The number of nitrogens with zero attached hydrogens (tertiary/aromatic N) is 3. The highest BCUT2D eigenvalue weighted by molar-refractivity contribution is 5.79.